The van der Waals surface area contributed by atoms with Gasteiger partial charge in [0.25, 0.3) is 11.5 Å². The number of rotatable bonds is 7. The van der Waals surface area contributed by atoms with Crippen LogP contribution in [0.2, 0.25) is 0 Å². The molecule has 1 aromatic heterocycles. The molecule has 0 radical (unpaired) electrons. The van der Waals surface area contributed by atoms with Crippen molar-refractivity contribution in [2.75, 3.05) is 17.2 Å². The number of nitrogens with one attached hydrogen (secondary N) is 1. The van der Waals surface area contributed by atoms with Gasteiger partial charge in [0.05, 0.1) is 0 Å². The van der Waals surface area contributed by atoms with Crippen molar-refractivity contribution in [3.63, 3.8) is 0 Å². The number of H-pyrrole nitrogens is 1. The highest BCUT2D eigenvalue weighted by molar-refractivity contribution is 6.07. The maximum Gasteiger partial charge on any atom is 0.330 e. The van der Waals surface area contributed by atoms with Crippen LogP contribution in [0.15, 0.2) is 33.9 Å². The van der Waals surface area contributed by atoms with Gasteiger partial charge in [0.2, 0.25) is 0 Å². The van der Waals surface area contributed by atoms with E-state index in [0.29, 0.717) is 13.0 Å². The van der Waals surface area contributed by atoms with Crippen molar-refractivity contribution in [2.24, 2.45) is 5.92 Å². The third-order valence-corrected chi connectivity index (χ3v) is 4.08. The molecule has 0 aliphatic rings. The minimum Gasteiger partial charge on any atom is -0.383 e. The molecule has 0 aliphatic carbocycles. The summed E-state index contributed by atoms with van der Waals surface area (Å²) in [5, 5.41) is 0. The first kappa shape index (κ1) is 20.4. The van der Waals surface area contributed by atoms with Gasteiger partial charge < -0.3 is 10.6 Å². The number of carbonyl (C=O) groups excluding carboxylic acids is 1. The third-order valence-electron chi connectivity index (χ3n) is 4.08. The van der Waals surface area contributed by atoms with Crippen LogP contribution in [0.25, 0.3) is 0 Å². The van der Waals surface area contributed by atoms with Crippen molar-refractivity contribution in [3.8, 4) is 0 Å². The van der Waals surface area contributed by atoms with Gasteiger partial charge in [-0.25, -0.2) is 9.18 Å². The Bertz CT molecular complexity index is 933. The molecular formula is C19H25FN4O3. The van der Waals surface area contributed by atoms with Gasteiger partial charge >= 0.3 is 5.69 Å². The summed E-state index contributed by atoms with van der Waals surface area (Å²) < 4.78 is 14.8. The molecule has 1 heterocycles. The van der Waals surface area contributed by atoms with Crippen molar-refractivity contribution in [3.05, 3.63) is 56.5 Å². The van der Waals surface area contributed by atoms with E-state index < -0.39 is 23.0 Å². The molecule has 0 spiro atoms. The van der Waals surface area contributed by atoms with Crippen molar-refractivity contribution in [1.29, 1.82) is 0 Å². The number of amides is 1. The Morgan fingerprint density at radius 3 is 2.63 bits per heavy atom. The highest BCUT2D eigenvalue weighted by Crippen LogP contribution is 2.21. The SMILES string of the molecule is CCCCN(C(=O)c1cccc(F)c1)c1c(N)n(CC(C)C)c(=O)[nH]c1=O. The molecule has 0 unspecified atom stereocenters. The molecule has 146 valence electrons. The molecule has 0 atom stereocenters. The lowest BCUT2D eigenvalue weighted by Gasteiger charge is -2.25. The lowest BCUT2D eigenvalue weighted by molar-refractivity contribution is 0.0985. The number of benzene rings is 1. The van der Waals surface area contributed by atoms with Crippen LogP contribution in [-0.2, 0) is 6.54 Å². The maximum absolute atomic E-state index is 13.6. The van der Waals surface area contributed by atoms with Gasteiger partial charge in [-0.3, -0.25) is 19.1 Å². The predicted molar refractivity (Wildman–Crippen MR) is 104 cm³/mol. The van der Waals surface area contributed by atoms with Crippen LogP contribution < -0.4 is 21.9 Å². The van der Waals surface area contributed by atoms with Gasteiger partial charge in [0.1, 0.15) is 11.6 Å². The number of hydrogen-bond acceptors (Lipinski definition) is 4. The molecule has 0 saturated heterocycles. The van der Waals surface area contributed by atoms with Gasteiger partial charge in [0.15, 0.2) is 5.69 Å². The summed E-state index contributed by atoms with van der Waals surface area (Å²) in [5.74, 6) is -1.07. The van der Waals surface area contributed by atoms with E-state index in [1.54, 1.807) is 0 Å². The average molecular weight is 376 g/mol. The standard InChI is InChI=1S/C19H25FN4O3/c1-4-5-9-23(18(26)13-7-6-8-14(20)10-13)15-16(21)24(11-12(2)3)19(27)22-17(15)25/h6-8,10,12H,4-5,9,11,21H2,1-3H3,(H,22,25,27). The highest BCUT2D eigenvalue weighted by Gasteiger charge is 2.25. The molecule has 2 aromatic rings. The van der Waals surface area contributed by atoms with Crippen molar-refractivity contribution in [1.82, 2.24) is 9.55 Å². The van der Waals surface area contributed by atoms with E-state index in [4.69, 9.17) is 5.73 Å². The van der Waals surface area contributed by atoms with Gasteiger partial charge in [0, 0.05) is 18.7 Å². The topological polar surface area (TPSA) is 101 Å². The summed E-state index contributed by atoms with van der Waals surface area (Å²) in [5.41, 5.74) is 4.79. The predicted octanol–water partition coefficient (Wildman–Crippen LogP) is 2.36. The second kappa shape index (κ2) is 8.66. The van der Waals surface area contributed by atoms with Crippen molar-refractivity contribution >= 4 is 17.4 Å². The Kier molecular flexibility index (Phi) is 6.55. The molecule has 0 fully saturated rings. The fourth-order valence-electron chi connectivity index (χ4n) is 2.79. The number of anilines is 2. The molecule has 27 heavy (non-hydrogen) atoms. The quantitative estimate of drug-likeness (QED) is 0.774. The molecule has 0 aliphatic heterocycles. The molecule has 3 N–H and O–H groups in total. The number of nitrogens with two attached hydrogens (primary N) is 1. The molecule has 1 aromatic carbocycles. The Morgan fingerprint density at radius 1 is 1.33 bits per heavy atom. The molecular weight excluding hydrogens is 351 g/mol. The van der Waals surface area contributed by atoms with Crippen LogP contribution in [0.3, 0.4) is 0 Å². The second-order valence-corrected chi connectivity index (χ2v) is 6.82. The number of unbranched alkanes of at least 4 members (excludes halogenated alkanes) is 1. The fourth-order valence-corrected chi connectivity index (χ4v) is 2.79. The molecule has 1 amide bonds. The number of nitrogen functional groups attached to an aromatic ring is 1. The van der Waals surface area contributed by atoms with E-state index in [-0.39, 0.29) is 29.5 Å². The van der Waals surface area contributed by atoms with Gasteiger partial charge in [-0.15, -0.1) is 0 Å². The lowest BCUT2D eigenvalue weighted by Crippen LogP contribution is -2.42. The maximum atomic E-state index is 13.6. The third kappa shape index (κ3) is 4.64. The second-order valence-electron chi connectivity index (χ2n) is 6.82. The van der Waals surface area contributed by atoms with Crippen molar-refractivity contribution < 1.29 is 9.18 Å². The van der Waals surface area contributed by atoms with E-state index in [1.165, 1.54) is 27.7 Å². The smallest absolute Gasteiger partial charge is 0.330 e. The van der Waals surface area contributed by atoms with Crippen LogP contribution in [0.5, 0.6) is 0 Å². The van der Waals surface area contributed by atoms with E-state index in [2.05, 4.69) is 4.98 Å². The highest BCUT2D eigenvalue weighted by atomic mass is 19.1. The van der Waals surface area contributed by atoms with Crippen LogP contribution in [0.1, 0.15) is 44.0 Å². The normalized spacial score (nSPS) is 11.0. The summed E-state index contributed by atoms with van der Waals surface area (Å²) >= 11 is 0. The van der Waals surface area contributed by atoms with Crippen molar-refractivity contribution in [2.45, 2.75) is 40.2 Å². The number of aromatic amines is 1. The Hall–Kier alpha value is -2.90. The summed E-state index contributed by atoms with van der Waals surface area (Å²) in [4.78, 5) is 41.1. The number of hydrogen-bond donors (Lipinski definition) is 2. The first-order valence-corrected chi connectivity index (χ1v) is 8.96. The number of halogens is 1. The molecule has 0 bridgehead atoms. The average Bonchev–Trinajstić information content (AvgIpc) is 2.60. The minimum absolute atomic E-state index is 0.0710. The monoisotopic (exact) mass is 376 g/mol. The largest absolute Gasteiger partial charge is 0.383 e. The number of nitrogens with zero attached hydrogens (tertiary/aromatic N) is 2. The summed E-state index contributed by atoms with van der Waals surface area (Å²) in [6, 6.07) is 5.24. The number of carbonyl (C=O) groups is 1. The Balaban J connectivity index is 2.61. The van der Waals surface area contributed by atoms with Crippen LogP contribution in [-0.4, -0.2) is 22.0 Å². The molecule has 8 heteroatoms. The fraction of sp³-hybridized carbons (Fsp3) is 0.421. The van der Waals surface area contributed by atoms with Gasteiger partial charge in [-0.2, -0.15) is 0 Å². The lowest BCUT2D eigenvalue weighted by atomic mass is 10.1. The summed E-state index contributed by atoms with van der Waals surface area (Å²) in [7, 11) is 0. The first-order chi connectivity index (χ1) is 12.8. The Labute approximate surface area is 156 Å². The van der Waals surface area contributed by atoms with Gasteiger partial charge in [-0.1, -0.05) is 33.3 Å². The van der Waals surface area contributed by atoms with Crippen LogP contribution in [0, 0.1) is 11.7 Å². The first-order valence-electron chi connectivity index (χ1n) is 8.96. The molecule has 2 rings (SSSR count). The summed E-state index contributed by atoms with van der Waals surface area (Å²) in [6.07, 6.45) is 1.39. The zero-order valence-electron chi connectivity index (χ0n) is 15.8. The number of aromatic nitrogens is 2. The van der Waals surface area contributed by atoms with E-state index in [1.807, 2.05) is 20.8 Å². The zero-order valence-corrected chi connectivity index (χ0v) is 15.8. The van der Waals surface area contributed by atoms with E-state index in [0.717, 1.165) is 12.5 Å². The van der Waals surface area contributed by atoms with Gasteiger partial charge in [-0.05, 0) is 30.5 Å². The van der Waals surface area contributed by atoms with Crippen LogP contribution >= 0.6 is 0 Å². The minimum atomic E-state index is -0.738. The summed E-state index contributed by atoms with van der Waals surface area (Å²) in [6.45, 7) is 6.27. The Morgan fingerprint density at radius 2 is 2.04 bits per heavy atom. The molecule has 0 saturated carbocycles. The van der Waals surface area contributed by atoms with E-state index >= 15 is 0 Å². The molecule has 7 nitrogen and oxygen atoms in total. The zero-order chi connectivity index (χ0) is 20.1. The van der Waals surface area contributed by atoms with Crippen LogP contribution in [0.4, 0.5) is 15.9 Å². The van der Waals surface area contributed by atoms with E-state index in [9.17, 15) is 18.8 Å².